The zero-order chi connectivity index (χ0) is 22.0. The van der Waals surface area contributed by atoms with Crippen LogP contribution in [-0.2, 0) is 17.1 Å². The molecule has 8 nitrogen and oxygen atoms in total. The van der Waals surface area contributed by atoms with Gasteiger partial charge in [-0.2, -0.15) is 12.6 Å². The van der Waals surface area contributed by atoms with Gasteiger partial charge in [0.05, 0.1) is 25.3 Å². The van der Waals surface area contributed by atoms with Crippen LogP contribution in [0.15, 0.2) is 30.3 Å². The first kappa shape index (κ1) is 21.5. The predicted molar refractivity (Wildman–Crippen MR) is 122 cm³/mol. The van der Waals surface area contributed by atoms with Crippen molar-refractivity contribution in [2.75, 3.05) is 45.3 Å². The summed E-state index contributed by atoms with van der Waals surface area (Å²) in [5, 5.41) is 9.53. The van der Waals surface area contributed by atoms with Crippen molar-refractivity contribution in [3.05, 3.63) is 47.2 Å². The normalized spacial score (nSPS) is 14.1. The number of nitrogens with zero attached hydrogens (tertiary/aromatic N) is 5. The van der Waals surface area contributed by atoms with E-state index in [2.05, 4.69) is 22.5 Å². The van der Waals surface area contributed by atoms with Crippen LogP contribution in [0, 0.1) is 0 Å². The molecule has 0 saturated carbocycles. The van der Waals surface area contributed by atoms with Crippen LogP contribution >= 0.6 is 12.6 Å². The molecule has 9 heteroatoms. The van der Waals surface area contributed by atoms with E-state index >= 15 is 0 Å². The predicted octanol–water partition coefficient (Wildman–Crippen LogP) is 2.15. The third-order valence-electron chi connectivity index (χ3n) is 5.19. The summed E-state index contributed by atoms with van der Waals surface area (Å²) in [4.78, 5) is 30.6. The lowest BCUT2D eigenvalue weighted by atomic mass is 10.1. The highest BCUT2D eigenvalue weighted by Crippen LogP contribution is 2.30. The van der Waals surface area contributed by atoms with Crippen LogP contribution < -0.4 is 4.90 Å². The SMILES string of the molecule is CN(C)C(=O)c1cc(CS)c2nc(-c3cccc(CO)c3)nc(N3CCOCC3)c2n1. The molecule has 0 unspecified atom stereocenters. The largest absolute Gasteiger partial charge is 0.392 e. The number of aliphatic hydroxyl groups is 1. The molecule has 0 bridgehead atoms. The van der Waals surface area contributed by atoms with Gasteiger partial charge < -0.3 is 19.6 Å². The van der Waals surface area contributed by atoms with Gasteiger partial charge in [-0.15, -0.1) is 0 Å². The summed E-state index contributed by atoms with van der Waals surface area (Å²) in [6, 6.07) is 9.28. The van der Waals surface area contributed by atoms with Crippen LogP contribution in [0.2, 0.25) is 0 Å². The fourth-order valence-electron chi connectivity index (χ4n) is 3.55. The van der Waals surface area contributed by atoms with E-state index in [1.165, 1.54) is 4.90 Å². The summed E-state index contributed by atoms with van der Waals surface area (Å²) >= 11 is 4.49. The van der Waals surface area contributed by atoms with Crippen LogP contribution in [0.4, 0.5) is 5.82 Å². The minimum Gasteiger partial charge on any atom is -0.392 e. The fraction of sp³-hybridized carbons (Fsp3) is 0.364. The van der Waals surface area contributed by atoms with Gasteiger partial charge in [0, 0.05) is 38.5 Å². The van der Waals surface area contributed by atoms with E-state index in [-0.39, 0.29) is 12.5 Å². The Balaban J connectivity index is 1.97. The van der Waals surface area contributed by atoms with Crippen molar-refractivity contribution in [2.24, 2.45) is 0 Å². The molecule has 2 aromatic heterocycles. The number of hydrogen-bond acceptors (Lipinski definition) is 8. The number of rotatable bonds is 5. The van der Waals surface area contributed by atoms with Gasteiger partial charge in [0.15, 0.2) is 11.6 Å². The molecule has 1 aromatic carbocycles. The first-order valence-electron chi connectivity index (χ1n) is 10.1. The Morgan fingerprint density at radius 3 is 2.61 bits per heavy atom. The third-order valence-corrected chi connectivity index (χ3v) is 5.53. The van der Waals surface area contributed by atoms with E-state index in [9.17, 15) is 9.90 Å². The van der Waals surface area contributed by atoms with Gasteiger partial charge >= 0.3 is 0 Å². The first-order chi connectivity index (χ1) is 15.0. The monoisotopic (exact) mass is 439 g/mol. The number of hydrogen-bond donors (Lipinski definition) is 2. The Bertz CT molecular complexity index is 1120. The second-order valence-electron chi connectivity index (χ2n) is 7.55. The Morgan fingerprint density at radius 2 is 1.94 bits per heavy atom. The molecule has 1 aliphatic rings. The number of fused-ring (bicyclic) bond motifs is 1. The fourth-order valence-corrected chi connectivity index (χ4v) is 3.79. The van der Waals surface area contributed by atoms with Crippen LogP contribution in [0.25, 0.3) is 22.4 Å². The molecule has 1 saturated heterocycles. The Labute approximate surface area is 186 Å². The van der Waals surface area contributed by atoms with Gasteiger partial charge in [-0.05, 0) is 23.3 Å². The molecule has 0 spiro atoms. The van der Waals surface area contributed by atoms with E-state index in [1.807, 2.05) is 24.3 Å². The molecular weight excluding hydrogens is 414 g/mol. The maximum Gasteiger partial charge on any atom is 0.271 e. The number of carbonyl (C=O) groups excluding carboxylic acids is 1. The van der Waals surface area contributed by atoms with Crippen LogP contribution in [0.3, 0.4) is 0 Å². The lowest BCUT2D eigenvalue weighted by Crippen LogP contribution is -2.37. The van der Waals surface area contributed by atoms with Gasteiger partial charge in [0.1, 0.15) is 11.2 Å². The number of amides is 1. The summed E-state index contributed by atoms with van der Waals surface area (Å²) < 4.78 is 5.51. The summed E-state index contributed by atoms with van der Waals surface area (Å²) in [6.45, 7) is 2.47. The van der Waals surface area contributed by atoms with Gasteiger partial charge in [0.2, 0.25) is 0 Å². The molecule has 31 heavy (non-hydrogen) atoms. The molecule has 3 aromatic rings. The maximum atomic E-state index is 12.6. The second kappa shape index (κ2) is 9.17. The number of thiol groups is 1. The zero-order valence-electron chi connectivity index (χ0n) is 17.6. The van der Waals surface area contributed by atoms with Gasteiger partial charge in [0.25, 0.3) is 5.91 Å². The molecule has 1 N–H and O–H groups in total. The molecule has 0 atom stereocenters. The van der Waals surface area contributed by atoms with Crippen LogP contribution in [0.5, 0.6) is 0 Å². The van der Waals surface area contributed by atoms with E-state index in [0.29, 0.717) is 60.4 Å². The number of aromatic nitrogens is 3. The summed E-state index contributed by atoms with van der Waals surface area (Å²) in [5.41, 5.74) is 4.01. The maximum absolute atomic E-state index is 12.6. The topological polar surface area (TPSA) is 91.7 Å². The summed E-state index contributed by atoms with van der Waals surface area (Å²) in [7, 11) is 3.40. The van der Waals surface area contributed by atoms with Crippen LogP contribution in [0.1, 0.15) is 21.6 Å². The lowest BCUT2D eigenvalue weighted by Gasteiger charge is -2.29. The minimum absolute atomic E-state index is 0.0583. The van der Waals surface area contributed by atoms with Crippen molar-refractivity contribution in [2.45, 2.75) is 12.4 Å². The Hall–Kier alpha value is -2.75. The molecule has 4 rings (SSSR count). The summed E-state index contributed by atoms with van der Waals surface area (Å²) in [5.74, 6) is 1.44. The quantitative estimate of drug-likeness (QED) is 0.589. The third kappa shape index (κ3) is 4.34. The molecular formula is C22H25N5O3S. The highest BCUT2D eigenvalue weighted by Gasteiger charge is 2.23. The van der Waals surface area contributed by atoms with E-state index in [0.717, 1.165) is 16.7 Å². The highest BCUT2D eigenvalue weighted by atomic mass is 32.1. The number of ether oxygens (including phenoxy) is 1. The molecule has 1 aliphatic heterocycles. The molecule has 3 heterocycles. The number of aliphatic hydroxyl groups excluding tert-OH is 1. The molecule has 0 radical (unpaired) electrons. The molecule has 0 aliphatic carbocycles. The molecule has 162 valence electrons. The lowest BCUT2D eigenvalue weighted by molar-refractivity contribution is 0.0822. The van der Waals surface area contributed by atoms with Crippen molar-refractivity contribution in [1.82, 2.24) is 19.9 Å². The van der Waals surface area contributed by atoms with E-state index in [4.69, 9.17) is 14.7 Å². The van der Waals surface area contributed by atoms with E-state index < -0.39 is 0 Å². The van der Waals surface area contributed by atoms with E-state index in [1.54, 1.807) is 20.2 Å². The smallest absolute Gasteiger partial charge is 0.271 e. The van der Waals surface area contributed by atoms with Crippen molar-refractivity contribution < 1.29 is 14.6 Å². The Morgan fingerprint density at radius 1 is 1.16 bits per heavy atom. The average molecular weight is 440 g/mol. The second-order valence-corrected chi connectivity index (χ2v) is 7.87. The van der Waals surface area contributed by atoms with Gasteiger partial charge in [-0.25, -0.2) is 15.0 Å². The Kier molecular flexibility index (Phi) is 6.35. The van der Waals surface area contributed by atoms with Crippen molar-refractivity contribution in [3.63, 3.8) is 0 Å². The average Bonchev–Trinajstić information content (AvgIpc) is 2.82. The summed E-state index contributed by atoms with van der Waals surface area (Å²) in [6.07, 6.45) is 0. The van der Waals surface area contributed by atoms with Crippen LogP contribution in [-0.4, -0.2) is 71.3 Å². The number of anilines is 1. The van der Waals surface area contributed by atoms with Crippen molar-refractivity contribution in [1.29, 1.82) is 0 Å². The minimum atomic E-state index is -0.183. The number of carbonyl (C=O) groups is 1. The number of benzene rings is 1. The van der Waals surface area contributed by atoms with Gasteiger partial charge in [-0.1, -0.05) is 18.2 Å². The zero-order valence-corrected chi connectivity index (χ0v) is 18.5. The van der Waals surface area contributed by atoms with Gasteiger partial charge in [-0.3, -0.25) is 4.79 Å². The number of pyridine rings is 1. The first-order valence-corrected chi connectivity index (χ1v) is 10.7. The van der Waals surface area contributed by atoms with Crippen molar-refractivity contribution in [3.8, 4) is 11.4 Å². The molecule has 1 amide bonds. The number of morpholine rings is 1. The standard InChI is InChI=1S/C22H25N5O3S/c1-26(2)22(29)17-11-16(13-31)18-19(23-17)21(27-6-8-30-9-7-27)25-20(24-18)15-5-3-4-14(10-15)12-28/h3-5,10-11,28,31H,6-9,12-13H2,1-2H3. The highest BCUT2D eigenvalue weighted by molar-refractivity contribution is 7.79. The molecule has 1 fully saturated rings. The van der Waals surface area contributed by atoms with Crippen molar-refractivity contribution >= 4 is 35.4 Å².